The van der Waals surface area contributed by atoms with Crippen molar-refractivity contribution in [1.82, 2.24) is 0 Å². The van der Waals surface area contributed by atoms with E-state index in [4.69, 9.17) is 4.74 Å². The molecule has 6 unspecified atom stereocenters. The third-order valence-corrected chi connectivity index (χ3v) is 4.82. The highest BCUT2D eigenvalue weighted by Crippen LogP contribution is 2.43. The molecule has 1 aromatic rings. The number of benzene rings is 1. The first-order chi connectivity index (χ1) is 10.6. The molecule has 4 nitrogen and oxygen atoms in total. The summed E-state index contributed by atoms with van der Waals surface area (Å²) in [6.07, 6.45) is 4.59. The highest BCUT2D eigenvalue weighted by Gasteiger charge is 2.47. The summed E-state index contributed by atoms with van der Waals surface area (Å²) in [5.74, 6) is 0.121. The summed E-state index contributed by atoms with van der Waals surface area (Å²) in [4.78, 5) is 0. The van der Waals surface area contributed by atoms with Crippen LogP contribution in [-0.4, -0.2) is 39.9 Å². The Balaban J connectivity index is 1.52. The molecule has 0 bridgehead atoms. The van der Waals surface area contributed by atoms with Crippen molar-refractivity contribution >= 4 is 0 Å². The molecule has 4 heteroatoms. The fourth-order valence-corrected chi connectivity index (χ4v) is 3.64. The Morgan fingerprint density at radius 1 is 1.18 bits per heavy atom. The van der Waals surface area contributed by atoms with Crippen molar-refractivity contribution in [3.63, 3.8) is 0 Å². The molecule has 1 aromatic carbocycles. The molecule has 0 spiro atoms. The van der Waals surface area contributed by atoms with Crippen molar-refractivity contribution in [2.75, 3.05) is 0 Å². The van der Waals surface area contributed by atoms with Crippen LogP contribution in [0.3, 0.4) is 0 Å². The van der Waals surface area contributed by atoms with Gasteiger partial charge in [0.05, 0.1) is 18.3 Å². The molecule has 0 amide bonds. The number of rotatable bonds is 5. The zero-order valence-electron chi connectivity index (χ0n) is 12.6. The lowest BCUT2D eigenvalue weighted by Crippen LogP contribution is -2.19. The van der Waals surface area contributed by atoms with Crippen LogP contribution in [0.15, 0.2) is 42.5 Å². The molecule has 2 aliphatic rings. The van der Waals surface area contributed by atoms with Crippen LogP contribution in [0.1, 0.15) is 24.8 Å². The lowest BCUT2D eigenvalue weighted by molar-refractivity contribution is -0.0949. The van der Waals surface area contributed by atoms with Crippen LogP contribution in [0.4, 0.5) is 0 Å². The van der Waals surface area contributed by atoms with Gasteiger partial charge in [0.1, 0.15) is 0 Å². The molecule has 1 saturated carbocycles. The van der Waals surface area contributed by atoms with Crippen LogP contribution in [0.5, 0.6) is 0 Å². The Morgan fingerprint density at radius 2 is 1.95 bits per heavy atom. The van der Waals surface area contributed by atoms with Crippen LogP contribution in [-0.2, 0) is 11.2 Å². The van der Waals surface area contributed by atoms with Crippen LogP contribution < -0.4 is 0 Å². The molecule has 0 radical (unpaired) electrons. The van der Waals surface area contributed by atoms with Crippen LogP contribution in [0.25, 0.3) is 0 Å². The number of aryl methyl sites for hydroxylation is 1. The average Bonchev–Trinajstić information content (AvgIpc) is 2.99. The number of aliphatic hydroxyl groups excluding tert-OH is 3. The second-order valence-corrected chi connectivity index (χ2v) is 6.39. The summed E-state index contributed by atoms with van der Waals surface area (Å²) in [7, 11) is 0. The number of aliphatic hydroxyl groups is 3. The van der Waals surface area contributed by atoms with Crippen LogP contribution >= 0.6 is 0 Å². The maximum absolute atomic E-state index is 10.1. The van der Waals surface area contributed by atoms with E-state index in [1.807, 2.05) is 24.3 Å². The summed E-state index contributed by atoms with van der Waals surface area (Å²) in [5, 5.41) is 29.8. The molecule has 22 heavy (non-hydrogen) atoms. The maximum Gasteiger partial charge on any atom is 0.155 e. The number of ether oxygens (including phenoxy) is 1. The van der Waals surface area contributed by atoms with Crippen molar-refractivity contribution < 1.29 is 20.1 Å². The summed E-state index contributed by atoms with van der Waals surface area (Å²) in [6, 6.07) is 10.1. The van der Waals surface area contributed by atoms with Gasteiger partial charge in [0.15, 0.2) is 6.29 Å². The summed E-state index contributed by atoms with van der Waals surface area (Å²) < 4.78 is 5.40. The highest BCUT2D eigenvalue weighted by atomic mass is 16.6. The highest BCUT2D eigenvalue weighted by molar-refractivity contribution is 5.15. The van der Waals surface area contributed by atoms with E-state index < -0.39 is 18.5 Å². The Labute approximate surface area is 131 Å². The predicted molar refractivity (Wildman–Crippen MR) is 83.0 cm³/mol. The smallest absolute Gasteiger partial charge is 0.155 e. The van der Waals surface area contributed by atoms with Gasteiger partial charge in [-0.25, -0.2) is 0 Å². The minimum absolute atomic E-state index is 0.0338. The molecule has 1 heterocycles. The van der Waals surface area contributed by atoms with Crippen molar-refractivity contribution in [2.24, 2.45) is 11.8 Å². The van der Waals surface area contributed by atoms with Gasteiger partial charge in [0.2, 0.25) is 0 Å². The Hall–Kier alpha value is -1.20. The topological polar surface area (TPSA) is 69.9 Å². The standard InChI is InChI=1S/C18H24O4/c19-13(7-6-12-4-2-1-3-5-12)8-9-14-15-10-18(21)22-17(15)11-16(14)20/h1-5,8-9,13-21H,6-7,10-11H2/b9-8+. The maximum atomic E-state index is 10.1. The third-order valence-electron chi connectivity index (χ3n) is 4.82. The first-order valence-electron chi connectivity index (χ1n) is 8.05. The van der Waals surface area contributed by atoms with Gasteiger partial charge in [0.25, 0.3) is 0 Å². The molecule has 1 saturated heterocycles. The second-order valence-electron chi connectivity index (χ2n) is 6.39. The molecule has 6 atom stereocenters. The summed E-state index contributed by atoms with van der Waals surface area (Å²) >= 11 is 0. The van der Waals surface area contributed by atoms with Gasteiger partial charge in [0, 0.05) is 18.8 Å². The fourth-order valence-electron chi connectivity index (χ4n) is 3.64. The van der Waals surface area contributed by atoms with Crippen molar-refractivity contribution in [1.29, 1.82) is 0 Å². The van der Waals surface area contributed by atoms with Crippen LogP contribution in [0, 0.1) is 11.8 Å². The Bertz CT molecular complexity index is 501. The van der Waals surface area contributed by atoms with E-state index in [-0.39, 0.29) is 17.9 Å². The van der Waals surface area contributed by atoms with Gasteiger partial charge in [-0.15, -0.1) is 0 Å². The van der Waals surface area contributed by atoms with Gasteiger partial charge in [-0.3, -0.25) is 0 Å². The van der Waals surface area contributed by atoms with E-state index in [1.165, 1.54) is 5.56 Å². The number of hydrogen-bond donors (Lipinski definition) is 3. The van der Waals surface area contributed by atoms with Gasteiger partial charge in [-0.05, 0) is 24.3 Å². The molecular formula is C18H24O4. The molecule has 120 valence electrons. The Kier molecular flexibility index (Phi) is 4.93. The Morgan fingerprint density at radius 3 is 2.73 bits per heavy atom. The first-order valence-corrected chi connectivity index (χ1v) is 8.05. The van der Waals surface area contributed by atoms with E-state index in [0.717, 1.165) is 6.42 Å². The number of fused-ring (bicyclic) bond motifs is 1. The summed E-state index contributed by atoms with van der Waals surface area (Å²) in [5.41, 5.74) is 1.21. The molecule has 3 rings (SSSR count). The molecule has 0 aromatic heterocycles. The average molecular weight is 304 g/mol. The third kappa shape index (κ3) is 3.58. The largest absolute Gasteiger partial charge is 0.392 e. The van der Waals surface area contributed by atoms with E-state index >= 15 is 0 Å². The van der Waals surface area contributed by atoms with Crippen molar-refractivity contribution in [2.45, 2.75) is 50.3 Å². The van der Waals surface area contributed by atoms with Crippen LogP contribution in [0.2, 0.25) is 0 Å². The van der Waals surface area contributed by atoms with Crippen molar-refractivity contribution in [3.05, 3.63) is 48.0 Å². The minimum Gasteiger partial charge on any atom is -0.392 e. The van der Waals surface area contributed by atoms with Gasteiger partial charge in [-0.2, -0.15) is 0 Å². The molecule has 1 aliphatic carbocycles. The zero-order chi connectivity index (χ0) is 15.5. The fraction of sp³-hybridized carbons (Fsp3) is 0.556. The molecule has 2 fully saturated rings. The van der Waals surface area contributed by atoms with E-state index in [0.29, 0.717) is 19.3 Å². The second kappa shape index (κ2) is 6.92. The monoisotopic (exact) mass is 304 g/mol. The lowest BCUT2D eigenvalue weighted by atomic mass is 9.91. The van der Waals surface area contributed by atoms with E-state index in [2.05, 4.69) is 12.1 Å². The van der Waals surface area contributed by atoms with E-state index in [1.54, 1.807) is 6.08 Å². The predicted octanol–water partition coefficient (Wildman–Crippen LogP) is 1.64. The quantitative estimate of drug-likeness (QED) is 0.723. The molecular weight excluding hydrogens is 280 g/mol. The van der Waals surface area contributed by atoms with Crippen molar-refractivity contribution in [3.8, 4) is 0 Å². The molecule has 1 aliphatic heterocycles. The SMILES string of the molecule is OC(/C=C/C1C(O)CC2OC(O)CC21)CCc1ccccc1. The minimum atomic E-state index is -0.707. The summed E-state index contributed by atoms with van der Waals surface area (Å²) in [6.45, 7) is 0. The lowest BCUT2D eigenvalue weighted by Gasteiger charge is -2.16. The molecule has 3 N–H and O–H groups in total. The normalized spacial score (nSPS) is 35.9. The zero-order valence-corrected chi connectivity index (χ0v) is 12.6. The van der Waals surface area contributed by atoms with E-state index in [9.17, 15) is 15.3 Å². The first kappa shape index (κ1) is 15.7. The van der Waals surface area contributed by atoms with Gasteiger partial charge in [-0.1, -0.05) is 42.5 Å². The number of hydrogen-bond acceptors (Lipinski definition) is 4. The van der Waals surface area contributed by atoms with Gasteiger partial charge >= 0.3 is 0 Å². The van der Waals surface area contributed by atoms with Gasteiger partial charge < -0.3 is 20.1 Å².